The predicted molar refractivity (Wildman–Crippen MR) is 106 cm³/mol. The van der Waals surface area contributed by atoms with E-state index in [0.29, 0.717) is 23.9 Å². The van der Waals surface area contributed by atoms with E-state index < -0.39 is 11.9 Å². The molecule has 2 rings (SSSR count). The number of thiazole rings is 1. The molecule has 26 heavy (non-hydrogen) atoms. The normalized spacial score (nSPS) is 11.8. The summed E-state index contributed by atoms with van der Waals surface area (Å²) in [7, 11) is 1.57. The maximum Gasteiger partial charge on any atom is 0.434 e. The third kappa shape index (κ3) is 6.71. The molecule has 0 amide bonds. The van der Waals surface area contributed by atoms with Gasteiger partial charge in [-0.25, -0.2) is 9.37 Å². The number of guanidine groups is 1. The molecule has 0 bridgehead atoms. The molecule has 0 spiro atoms. The fraction of sp³-hybridized carbons (Fsp3) is 0.375. The number of alkyl halides is 3. The predicted octanol–water partition coefficient (Wildman–Crippen LogP) is 4.14. The lowest BCUT2D eigenvalue weighted by Crippen LogP contribution is -2.37. The molecule has 0 unspecified atom stereocenters. The van der Waals surface area contributed by atoms with Crippen molar-refractivity contribution in [3.8, 4) is 0 Å². The standard InChI is InChI=1S/C16H18F4N4S.HI/c1-10-7-12(17)4-3-11(10)5-6-22-15(21-2)23-8-14-24-13(9-25-14)16(18,19)20;/h3-4,7,9H,5-6,8H2,1-2H3,(H2,21,22,23);1H. The Balaban J connectivity index is 0.00000338. The van der Waals surface area contributed by atoms with Crippen molar-refractivity contribution in [2.45, 2.75) is 26.1 Å². The van der Waals surface area contributed by atoms with Gasteiger partial charge >= 0.3 is 6.18 Å². The van der Waals surface area contributed by atoms with Gasteiger partial charge in [0.2, 0.25) is 0 Å². The molecular weight excluding hydrogens is 483 g/mol. The Morgan fingerprint density at radius 2 is 2.00 bits per heavy atom. The Labute approximate surface area is 170 Å². The van der Waals surface area contributed by atoms with Crippen LogP contribution in [0.1, 0.15) is 21.8 Å². The van der Waals surface area contributed by atoms with Gasteiger partial charge in [0, 0.05) is 19.0 Å². The molecule has 0 aliphatic heterocycles. The third-order valence-electron chi connectivity index (χ3n) is 3.46. The zero-order chi connectivity index (χ0) is 18.4. The first kappa shape index (κ1) is 22.6. The Kier molecular flexibility index (Phi) is 8.74. The first-order valence-electron chi connectivity index (χ1n) is 7.50. The number of aryl methyl sites for hydroxylation is 1. The van der Waals surface area contributed by atoms with Crippen LogP contribution in [0.2, 0.25) is 0 Å². The average Bonchev–Trinajstić information content (AvgIpc) is 3.01. The lowest BCUT2D eigenvalue weighted by Gasteiger charge is -2.12. The molecule has 4 nitrogen and oxygen atoms in total. The van der Waals surface area contributed by atoms with E-state index in [1.807, 2.05) is 6.92 Å². The molecule has 2 aromatic rings. The van der Waals surface area contributed by atoms with Crippen molar-refractivity contribution in [1.29, 1.82) is 0 Å². The second-order valence-corrected chi connectivity index (χ2v) is 6.24. The fourth-order valence-corrected chi connectivity index (χ4v) is 2.90. The molecule has 0 radical (unpaired) electrons. The number of aliphatic imine (C=N–C) groups is 1. The van der Waals surface area contributed by atoms with E-state index in [-0.39, 0.29) is 36.3 Å². The summed E-state index contributed by atoms with van der Waals surface area (Å²) < 4.78 is 50.6. The van der Waals surface area contributed by atoms with Crippen molar-refractivity contribution >= 4 is 41.3 Å². The highest BCUT2D eigenvalue weighted by molar-refractivity contribution is 14.0. The number of hydrogen-bond donors (Lipinski definition) is 2. The highest BCUT2D eigenvalue weighted by atomic mass is 127. The maximum atomic E-state index is 13.1. The van der Waals surface area contributed by atoms with E-state index in [4.69, 9.17) is 0 Å². The molecule has 0 aliphatic carbocycles. The second-order valence-electron chi connectivity index (χ2n) is 5.30. The van der Waals surface area contributed by atoms with E-state index >= 15 is 0 Å². The Bertz CT molecular complexity index is 746. The minimum Gasteiger partial charge on any atom is -0.356 e. The molecule has 1 aromatic carbocycles. The van der Waals surface area contributed by atoms with Gasteiger partial charge in [-0.3, -0.25) is 4.99 Å². The number of nitrogens with one attached hydrogen (secondary N) is 2. The molecule has 144 valence electrons. The Morgan fingerprint density at radius 1 is 1.27 bits per heavy atom. The van der Waals surface area contributed by atoms with Gasteiger partial charge in [-0.1, -0.05) is 6.07 Å². The van der Waals surface area contributed by atoms with Crippen LogP contribution in [0.3, 0.4) is 0 Å². The van der Waals surface area contributed by atoms with Crippen LogP contribution in [0.15, 0.2) is 28.6 Å². The zero-order valence-electron chi connectivity index (χ0n) is 14.2. The van der Waals surface area contributed by atoms with Gasteiger partial charge < -0.3 is 10.6 Å². The molecule has 0 fully saturated rings. The van der Waals surface area contributed by atoms with Crippen LogP contribution in [-0.4, -0.2) is 24.5 Å². The van der Waals surface area contributed by atoms with Gasteiger partial charge in [-0.2, -0.15) is 13.2 Å². The van der Waals surface area contributed by atoms with Gasteiger partial charge in [-0.15, -0.1) is 35.3 Å². The summed E-state index contributed by atoms with van der Waals surface area (Å²) in [6.45, 7) is 2.54. The van der Waals surface area contributed by atoms with Gasteiger partial charge in [0.25, 0.3) is 0 Å². The first-order chi connectivity index (χ1) is 11.8. The van der Waals surface area contributed by atoms with E-state index in [1.165, 1.54) is 12.1 Å². The number of rotatable bonds is 5. The molecule has 1 aromatic heterocycles. The molecule has 2 N–H and O–H groups in total. The van der Waals surface area contributed by atoms with Crippen LogP contribution in [0, 0.1) is 12.7 Å². The minimum atomic E-state index is -4.43. The SMILES string of the molecule is CN=C(NCCc1ccc(F)cc1C)NCc1nc(C(F)(F)F)cs1.I. The summed E-state index contributed by atoms with van der Waals surface area (Å²) >= 11 is 0.941. The summed E-state index contributed by atoms with van der Waals surface area (Å²) in [5.41, 5.74) is 0.996. The van der Waals surface area contributed by atoms with E-state index in [9.17, 15) is 17.6 Å². The second kappa shape index (κ2) is 10.0. The van der Waals surface area contributed by atoms with Crippen LogP contribution in [0.4, 0.5) is 17.6 Å². The van der Waals surface area contributed by atoms with E-state index in [1.54, 1.807) is 13.1 Å². The molecular formula is C16H19F4IN4S. The molecule has 10 heteroatoms. The van der Waals surface area contributed by atoms with Crippen molar-refractivity contribution in [3.05, 3.63) is 51.2 Å². The number of nitrogens with zero attached hydrogens (tertiary/aromatic N) is 2. The third-order valence-corrected chi connectivity index (χ3v) is 4.31. The van der Waals surface area contributed by atoms with Crippen molar-refractivity contribution in [1.82, 2.24) is 15.6 Å². The lowest BCUT2D eigenvalue weighted by molar-refractivity contribution is -0.140. The topological polar surface area (TPSA) is 49.3 Å². The van der Waals surface area contributed by atoms with Crippen LogP contribution in [0.5, 0.6) is 0 Å². The van der Waals surface area contributed by atoms with Crippen LogP contribution < -0.4 is 10.6 Å². The van der Waals surface area contributed by atoms with Crippen molar-refractivity contribution < 1.29 is 17.6 Å². The maximum absolute atomic E-state index is 13.1. The quantitative estimate of drug-likeness (QED) is 0.280. The minimum absolute atomic E-state index is 0. The number of halogens is 5. The summed E-state index contributed by atoms with van der Waals surface area (Å²) in [6, 6.07) is 4.62. The molecule has 1 heterocycles. The fourth-order valence-electron chi connectivity index (χ4n) is 2.16. The van der Waals surface area contributed by atoms with E-state index in [2.05, 4.69) is 20.6 Å². The molecule has 0 atom stereocenters. The van der Waals surface area contributed by atoms with Crippen molar-refractivity contribution in [2.24, 2.45) is 4.99 Å². The molecule has 0 aliphatic rings. The van der Waals surface area contributed by atoms with Crippen LogP contribution in [0.25, 0.3) is 0 Å². The van der Waals surface area contributed by atoms with Gasteiger partial charge in [-0.05, 0) is 36.6 Å². The van der Waals surface area contributed by atoms with Gasteiger partial charge in [0.15, 0.2) is 11.7 Å². The largest absolute Gasteiger partial charge is 0.434 e. The number of aromatic nitrogens is 1. The number of hydrogen-bond acceptors (Lipinski definition) is 3. The Hall–Kier alpha value is -1.43. The lowest BCUT2D eigenvalue weighted by atomic mass is 10.1. The summed E-state index contributed by atoms with van der Waals surface area (Å²) in [4.78, 5) is 7.56. The van der Waals surface area contributed by atoms with Crippen molar-refractivity contribution in [2.75, 3.05) is 13.6 Å². The van der Waals surface area contributed by atoms with Gasteiger partial charge in [0.1, 0.15) is 10.8 Å². The smallest absolute Gasteiger partial charge is 0.356 e. The van der Waals surface area contributed by atoms with Crippen LogP contribution in [-0.2, 0) is 19.1 Å². The summed E-state index contributed by atoms with van der Waals surface area (Å²) in [5.74, 6) is 0.192. The monoisotopic (exact) mass is 502 g/mol. The summed E-state index contributed by atoms with van der Waals surface area (Å²) in [5, 5.41) is 7.30. The van der Waals surface area contributed by atoms with E-state index in [0.717, 1.165) is 27.8 Å². The Morgan fingerprint density at radius 3 is 2.58 bits per heavy atom. The molecule has 0 saturated heterocycles. The molecule has 0 saturated carbocycles. The highest BCUT2D eigenvalue weighted by Gasteiger charge is 2.33. The number of benzene rings is 1. The average molecular weight is 502 g/mol. The summed E-state index contributed by atoms with van der Waals surface area (Å²) in [6.07, 6.45) is -3.76. The van der Waals surface area contributed by atoms with Crippen molar-refractivity contribution in [3.63, 3.8) is 0 Å². The van der Waals surface area contributed by atoms with Crippen LogP contribution >= 0.6 is 35.3 Å². The zero-order valence-corrected chi connectivity index (χ0v) is 17.3. The highest BCUT2D eigenvalue weighted by Crippen LogP contribution is 2.29. The first-order valence-corrected chi connectivity index (χ1v) is 8.38. The van der Waals surface area contributed by atoms with Gasteiger partial charge in [0.05, 0.1) is 6.54 Å².